The lowest BCUT2D eigenvalue weighted by Gasteiger charge is -1.99. The first-order valence-electron chi connectivity index (χ1n) is 5.61. The van der Waals surface area contributed by atoms with Crippen molar-refractivity contribution >= 4 is 11.3 Å². The topological polar surface area (TPSA) is 36.7 Å². The van der Waals surface area contributed by atoms with Gasteiger partial charge in [0.1, 0.15) is 0 Å². The molecule has 2 aromatic rings. The largest absolute Gasteiger partial charge is 0.241 e. The highest BCUT2D eigenvalue weighted by Crippen LogP contribution is 2.28. The predicted molar refractivity (Wildman–Crippen MR) is 71.0 cm³/mol. The summed E-state index contributed by atoms with van der Waals surface area (Å²) in [4.78, 5) is 5.84. The Bertz CT molecular complexity index is 547. The van der Waals surface area contributed by atoms with Gasteiger partial charge in [0.2, 0.25) is 0 Å². The van der Waals surface area contributed by atoms with Gasteiger partial charge in [-0.15, -0.1) is 11.3 Å². The van der Waals surface area contributed by atoms with Gasteiger partial charge in [0.05, 0.1) is 16.8 Å². The Kier molecular flexibility index (Phi) is 3.55. The molecule has 2 rings (SSSR count). The fourth-order valence-electron chi connectivity index (χ4n) is 1.70. The van der Waals surface area contributed by atoms with Crippen LogP contribution < -0.4 is 0 Å². The summed E-state index contributed by atoms with van der Waals surface area (Å²) >= 11 is 1.69. The van der Waals surface area contributed by atoms with Crippen LogP contribution in [0.15, 0.2) is 24.3 Å². The zero-order chi connectivity index (χ0) is 12.3. The lowest BCUT2D eigenvalue weighted by Crippen LogP contribution is -1.84. The van der Waals surface area contributed by atoms with Crippen LogP contribution in [-0.4, -0.2) is 4.98 Å². The molecule has 0 fully saturated rings. The van der Waals surface area contributed by atoms with Crippen LogP contribution in [0.5, 0.6) is 0 Å². The van der Waals surface area contributed by atoms with E-state index in [1.54, 1.807) is 11.3 Å². The standard InChI is InChI=1S/C14H14N2S/c1-10-5-7-12(8-6-10)14-11(2)17-13(16-14)4-3-9-15/h5-8H,3-4H2,1-2H3. The number of aromatic nitrogens is 1. The van der Waals surface area contributed by atoms with Gasteiger partial charge < -0.3 is 0 Å². The highest BCUT2D eigenvalue weighted by atomic mass is 32.1. The minimum absolute atomic E-state index is 0.542. The Morgan fingerprint density at radius 3 is 2.59 bits per heavy atom. The smallest absolute Gasteiger partial charge is 0.0945 e. The summed E-state index contributed by atoms with van der Waals surface area (Å²) in [6.45, 7) is 4.17. The Morgan fingerprint density at radius 2 is 1.94 bits per heavy atom. The molecule has 0 unspecified atom stereocenters. The van der Waals surface area contributed by atoms with Crippen LogP contribution in [0.4, 0.5) is 0 Å². The van der Waals surface area contributed by atoms with Crippen LogP contribution in [-0.2, 0) is 6.42 Å². The van der Waals surface area contributed by atoms with Crippen LogP contribution in [0, 0.1) is 25.2 Å². The SMILES string of the molecule is Cc1ccc(-c2nc(CCC#N)sc2C)cc1. The highest BCUT2D eigenvalue weighted by Gasteiger charge is 2.09. The van der Waals surface area contributed by atoms with E-state index in [4.69, 9.17) is 5.26 Å². The van der Waals surface area contributed by atoms with Crippen molar-refractivity contribution in [1.82, 2.24) is 4.98 Å². The molecular formula is C14H14N2S. The summed E-state index contributed by atoms with van der Waals surface area (Å²) in [5.41, 5.74) is 3.47. The van der Waals surface area contributed by atoms with Gasteiger partial charge in [-0.1, -0.05) is 29.8 Å². The van der Waals surface area contributed by atoms with Crippen LogP contribution in [0.3, 0.4) is 0 Å². The van der Waals surface area contributed by atoms with Gasteiger partial charge in [0, 0.05) is 23.3 Å². The summed E-state index contributed by atoms with van der Waals surface area (Å²) in [6.07, 6.45) is 1.30. The van der Waals surface area contributed by atoms with Crippen molar-refractivity contribution in [2.75, 3.05) is 0 Å². The van der Waals surface area contributed by atoms with Crippen molar-refractivity contribution in [1.29, 1.82) is 5.26 Å². The van der Waals surface area contributed by atoms with Gasteiger partial charge in [0.25, 0.3) is 0 Å². The first-order valence-corrected chi connectivity index (χ1v) is 6.42. The molecule has 0 spiro atoms. The number of hydrogen-bond donors (Lipinski definition) is 0. The van der Waals surface area contributed by atoms with Crippen molar-refractivity contribution in [3.8, 4) is 17.3 Å². The number of nitrogens with zero attached hydrogens (tertiary/aromatic N) is 2. The van der Waals surface area contributed by atoms with Crippen LogP contribution in [0.2, 0.25) is 0 Å². The Morgan fingerprint density at radius 1 is 1.24 bits per heavy atom. The highest BCUT2D eigenvalue weighted by molar-refractivity contribution is 7.12. The first kappa shape index (κ1) is 11.8. The third-order valence-corrected chi connectivity index (χ3v) is 3.65. The average Bonchev–Trinajstić information content (AvgIpc) is 2.69. The van der Waals surface area contributed by atoms with Crippen molar-refractivity contribution < 1.29 is 0 Å². The van der Waals surface area contributed by atoms with Gasteiger partial charge in [-0.2, -0.15) is 5.26 Å². The zero-order valence-corrected chi connectivity index (χ0v) is 10.8. The number of aryl methyl sites for hydroxylation is 3. The van der Waals surface area contributed by atoms with E-state index in [1.807, 2.05) is 0 Å². The van der Waals surface area contributed by atoms with Crippen molar-refractivity contribution in [3.63, 3.8) is 0 Å². The van der Waals surface area contributed by atoms with E-state index >= 15 is 0 Å². The van der Waals surface area contributed by atoms with E-state index in [0.717, 1.165) is 22.7 Å². The summed E-state index contributed by atoms with van der Waals surface area (Å²) < 4.78 is 0. The second kappa shape index (κ2) is 5.11. The van der Waals surface area contributed by atoms with E-state index in [1.165, 1.54) is 10.4 Å². The lowest BCUT2D eigenvalue weighted by atomic mass is 10.1. The molecule has 0 N–H and O–H groups in total. The van der Waals surface area contributed by atoms with Gasteiger partial charge in [-0.25, -0.2) is 4.98 Å². The molecule has 0 bridgehead atoms. The normalized spacial score (nSPS) is 10.2. The predicted octanol–water partition coefficient (Wildman–Crippen LogP) is 3.88. The molecule has 1 aromatic carbocycles. The number of thiazole rings is 1. The molecule has 17 heavy (non-hydrogen) atoms. The molecule has 0 amide bonds. The Hall–Kier alpha value is -1.66. The molecular weight excluding hydrogens is 228 g/mol. The summed E-state index contributed by atoms with van der Waals surface area (Å²) in [7, 11) is 0. The van der Waals surface area contributed by atoms with Gasteiger partial charge in [0.15, 0.2) is 0 Å². The van der Waals surface area contributed by atoms with Gasteiger partial charge >= 0.3 is 0 Å². The van der Waals surface area contributed by atoms with Crippen molar-refractivity contribution in [2.24, 2.45) is 0 Å². The van der Waals surface area contributed by atoms with E-state index in [2.05, 4.69) is 49.2 Å². The lowest BCUT2D eigenvalue weighted by molar-refractivity contribution is 0.990. The number of rotatable bonds is 3. The molecule has 0 aliphatic heterocycles. The molecule has 0 aliphatic carbocycles. The fraction of sp³-hybridized carbons (Fsp3) is 0.286. The molecule has 1 heterocycles. The molecule has 1 aromatic heterocycles. The monoisotopic (exact) mass is 242 g/mol. The first-order chi connectivity index (χ1) is 8.20. The third-order valence-electron chi connectivity index (χ3n) is 2.62. The summed E-state index contributed by atoms with van der Waals surface area (Å²) in [6, 6.07) is 10.6. The molecule has 0 aliphatic rings. The van der Waals surface area contributed by atoms with Crippen molar-refractivity contribution in [2.45, 2.75) is 26.7 Å². The van der Waals surface area contributed by atoms with Gasteiger partial charge in [-0.3, -0.25) is 0 Å². The van der Waals surface area contributed by atoms with Crippen molar-refractivity contribution in [3.05, 3.63) is 39.7 Å². The van der Waals surface area contributed by atoms with E-state index in [0.29, 0.717) is 6.42 Å². The summed E-state index contributed by atoms with van der Waals surface area (Å²) in [5.74, 6) is 0. The van der Waals surface area contributed by atoms with Gasteiger partial charge in [-0.05, 0) is 13.8 Å². The molecule has 2 nitrogen and oxygen atoms in total. The number of nitriles is 1. The molecule has 86 valence electrons. The summed E-state index contributed by atoms with van der Waals surface area (Å²) in [5, 5.41) is 9.63. The maximum absolute atomic E-state index is 8.58. The maximum Gasteiger partial charge on any atom is 0.0945 e. The van der Waals surface area contributed by atoms with Crippen LogP contribution in [0.25, 0.3) is 11.3 Å². The van der Waals surface area contributed by atoms with E-state index in [9.17, 15) is 0 Å². The molecule has 3 heteroatoms. The molecule has 0 saturated carbocycles. The molecule has 0 atom stereocenters. The third kappa shape index (κ3) is 2.72. The minimum atomic E-state index is 0.542. The van der Waals surface area contributed by atoms with E-state index < -0.39 is 0 Å². The number of benzene rings is 1. The van der Waals surface area contributed by atoms with Crippen LogP contribution >= 0.6 is 11.3 Å². The Labute approximate surface area is 106 Å². The quantitative estimate of drug-likeness (QED) is 0.819. The minimum Gasteiger partial charge on any atom is -0.241 e. The zero-order valence-electron chi connectivity index (χ0n) is 10.0. The Balaban J connectivity index is 2.30. The second-order valence-corrected chi connectivity index (χ2v) is 5.32. The maximum atomic E-state index is 8.58. The molecule has 0 radical (unpaired) electrons. The second-order valence-electron chi connectivity index (χ2n) is 4.04. The number of hydrogen-bond acceptors (Lipinski definition) is 3. The van der Waals surface area contributed by atoms with E-state index in [-0.39, 0.29) is 0 Å². The molecule has 0 saturated heterocycles. The average molecular weight is 242 g/mol. The fourth-order valence-corrected chi connectivity index (χ4v) is 2.65. The van der Waals surface area contributed by atoms with Crippen LogP contribution in [0.1, 0.15) is 21.9 Å².